The smallest absolute Gasteiger partial charge is 0.357 e. The molecule has 1 heterocycles. The van der Waals surface area contributed by atoms with Gasteiger partial charge in [-0.3, -0.25) is 4.79 Å². The third-order valence-corrected chi connectivity index (χ3v) is 1.28. The van der Waals surface area contributed by atoms with E-state index < -0.39 is 5.97 Å². The van der Waals surface area contributed by atoms with Crippen LogP contribution in [0.25, 0.3) is 0 Å². The molecular weight excluding hydrogens is 150 g/mol. The molecule has 62 valence electrons. The van der Waals surface area contributed by atoms with E-state index in [1.165, 1.54) is 7.11 Å². The predicted octanol–water partition coefficient (Wildman–Crippen LogP) is -0.677. The molecule has 0 spiro atoms. The van der Waals surface area contributed by atoms with Crippen LogP contribution in [-0.4, -0.2) is 37.2 Å². The van der Waals surface area contributed by atoms with Crippen molar-refractivity contribution in [3.63, 3.8) is 0 Å². The Kier molecular flexibility index (Phi) is 2.43. The van der Waals surface area contributed by atoms with E-state index in [1.807, 2.05) is 0 Å². The van der Waals surface area contributed by atoms with E-state index in [9.17, 15) is 9.59 Å². The second-order valence-corrected chi connectivity index (χ2v) is 2.14. The summed E-state index contributed by atoms with van der Waals surface area (Å²) in [4.78, 5) is 25.8. The number of carbonyl (C=O) groups is 2. The van der Waals surface area contributed by atoms with Crippen molar-refractivity contribution < 1.29 is 19.2 Å². The van der Waals surface area contributed by atoms with Crippen LogP contribution in [0.2, 0.25) is 0 Å². The highest BCUT2D eigenvalue weighted by Gasteiger charge is 2.27. The molecule has 0 atom stereocenters. The average Bonchev–Trinajstić information content (AvgIpc) is 1.98. The molecule has 0 saturated carbocycles. The fourth-order valence-corrected chi connectivity index (χ4v) is 0.658. The van der Waals surface area contributed by atoms with E-state index in [1.54, 1.807) is 0 Å². The minimum Gasteiger partial charge on any atom is -0.373 e. The number of rotatable bonds is 3. The van der Waals surface area contributed by atoms with Gasteiger partial charge in [0.25, 0.3) is 5.91 Å². The zero-order chi connectivity index (χ0) is 8.27. The van der Waals surface area contributed by atoms with Crippen LogP contribution in [0.4, 0.5) is 0 Å². The van der Waals surface area contributed by atoms with Crippen molar-refractivity contribution in [3.8, 4) is 0 Å². The van der Waals surface area contributed by atoms with E-state index >= 15 is 0 Å². The number of nitrogens with zero attached hydrogens (tertiary/aromatic N) is 1. The first-order valence-electron chi connectivity index (χ1n) is 3.24. The van der Waals surface area contributed by atoms with Gasteiger partial charge in [-0.1, -0.05) is 0 Å². The third kappa shape index (κ3) is 1.91. The highest BCUT2D eigenvalue weighted by Crippen LogP contribution is 2.08. The zero-order valence-electron chi connectivity index (χ0n) is 6.20. The second-order valence-electron chi connectivity index (χ2n) is 2.14. The van der Waals surface area contributed by atoms with Crippen LogP contribution in [-0.2, 0) is 19.2 Å². The first kappa shape index (κ1) is 8.00. The molecule has 0 aromatic carbocycles. The summed E-state index contributed by atoms with van der Waals surface area (Å²) in [6.07, 6.45) is 0.459. The lowest BCUT2D eigenvalue weighted by molar-refractivity contribution is -0.214. The van der Waals surface area contributed by atoms with Crippen molar-refractivity contribution in [1.82, 2.24) is 5.06 Å². The molecule has 1 aliphatic rings. The maximum absolute atomic E-state index is 10.7. The summed E-state index contributed by atoms with van der Waals surface area (Å²) in [5.74, 6) is -0.699. The van der Waals surface area contributed by atoms with Crippen molar-refractivity contribution in [2.75, 3.05) is 20.3 Å². The molecule has 1 fully saturated rings. The van der Waals surface area contributed by atoms with Gasteiger partial charge in [-0.05, 0) is 0 Å². The van der Waals surface area contributed by atoms with Gasteiger partial charge in [-0.25, -0.2) is 4.79 Å². The quantitative estimate of drug-likeness (QED) is 0.512. The molecule has 0 bridgehead atoms. The summed E-state index contributed by atoms with van der Waals surface area (Å²) in [5, 5.41) is 1.03. The summed E-state index contributed by atoms with van der Waals surface area (Å²) >= 11 is 0. The van der Waals surface area contributed by atoms with Crippen LogP contribution in [0.1, 0.15) is 6.42 Å². The van der Waals surface area contributed by atoms with Crippen LogP contribution in [0.3, 0.4) is 0 Å². The molecule has 0 radical (unpaired) electrons. The molecule has 1 aliphatic heterocycles. The Morgan fingerprint density at radius 1 is 1.73 bits per heavy atom. The normalized spacial score (nSPS) is 16.1. The SMILES string of the molecule is COCC(=O)ON1CCC1=O. The molecule has 11 heavy (non-hydrogen) atoms. The monoisotopic (exact) mass is 159 g/mol. The van der Waals surface area contributed by atoms with Gasteiger partial charge in [0.15, 0.2) is 0 Å². The molecule has 0 unspecified atom stereocenters. The number of β-lactam (4-membered cyclic amide) rings is 1. The first-order chi connectivity index (χ1) is 5.24. The molecule has 0 aromatic heterocycles. The van der Waals surface area contributed by atoms with Crippen molar-refractivity contribution in [2.45, 2.75) is 6.42 Å². The predicted molar refractivity (Wildman–Crippen MR) is 34.3 cm³/mol. The van der Waals surface area contributed by atoms with Crippen molar-refractivity contribution in [1.29, 1.82) is 0 Å². The Balaban J connectivity index is 2.19. The van der Waals surface area contributed by atoms with Gasteiger partial charge in [-0.2, -0.15) is 5.06 Å². The minimum absolute atomic E-state index is 0.121. The Morgan fingerprint density at radius 2 is 2.45 bits per heavy atom. The maximum atomic E-state index is 10.7. The summed E-state index contributed by atoms with van der Waals surface area (Å²) in [7, 11) is 1.39. The first-order valence-corrected chi connectivity index (χ1v) is 3.24. The van der Waals surface area contributed by atoms with E-state index in [4.69, 9.17) is 0 Å². The van der Waals surface area contributed by atoms with Gasteiger partial charge in [0.05, 0.1) is 13.0 Å². The van der Waals surface area contributed by atoms with E-state index in [0.717, 1.165) is 5.06 Å². The largest absolute Gasteiger partial charge is 0.373 e. The van der Waals surface area contributed by atoms with Crippen LogP contribution in [0, 0.1) is 0 Å². The number of amides is 1. The van der Waals surface area contributed by atoms with Gasteiger partial charge < -0.3 is 9.57 Å². The fraction of sp³-hybridized carbons (Fsp3) is 0.667. The molecule has 0 N–H and O–H groups in total. The Morgan fingerprint density at radius 3 is 2.82 bits per heavy atom. The number of ether oxygens (including phenoxy) is 1. The number of carbonyl (C=O) groups excluding carboxylic acids is 2. The van der Waals surface area contributed by atoms with Crippen LogP contribution in [0.5, 0.6) is 0 Å². The minimum atomic E-state index is -0.541. The van der Waals surface area contributed by atoms with Gasteiger partial charge in [0.2, 0.25) is 0 Å². The number of hydrogen-bond donors (Lipinski definition) is 0. The lowest BCUT2D eigenvalue weighted by atomic mass is 10.3. The third-order valence-electron chi connectivity index (χ3n) is 1.28. The number of hydrogen-bond acceptors (Lipinski definition) is 4. The molecule has 1 amide bonds. The maximum Gasteiger partial charge on any atom is 0.357 e. The van der Waals surface area contributed by atoms with Crippen molar-refractivity contribution >= 4 is 11.9 Å². The lowest BCUT2D eigenvalue weighted by Crippen LogP contribution is -2.45. The summed E-state index contributed by atoms with van der Waals surface area (Å²) < 4.78 is 4.50. The van der Waals surface area contributed by atoms with Crippen LogP contribution >= 0.6 is 0 Å². The van der Waals surface area contributed by atoms with Crippen molar-refractivity contribution in [3.05, 3.63) is 0 Å². The molecule has 5 nitrogen and oxygen atoms in total. The summed E-state index contributed by atoms with van der Waals surface area (Å²) in [6, 6.07) is 0. The molecule has 0 aromatic rings. The van der Waals surface area contributed by atoms with E-state index in [2.05, 4.69) is 9.57 Å². The average molecular weight is 159 g/mol. The lowest BCUT2D eigenvalue weighted by Gasteiger charge is -2.27. The fourth-order valence-electron chi connectivity index (χ4n) is 0.658. The summed E-state index contributed by atoms with van der Waals surface area (Å²) in [6.45, 7) is 0.373. The zero-order valence-corrected chi connectivity index (χ0v) is 6.20. The number of methoxy groups -OCH3 is 1. The van der Waals surface area contributed by atoms with E-state index in [-0.39, 0.29) is 12.5 Å². The Hall–Kier alpha value is -1.10. The van der Waals surface area contributed by atoms with Gasteiger partial charge in [0, 0.05) is 7.11 Å². The van der Waals surface area contributed by atoms with Gasteiger partial charge in [-0.15, -0.1) is 0 Å². The Bertz CT molecular complexity index is 179. The molecule has 5 heteroatoms. The molecular formula is C6H9NO4. The van der Waals surface area contributed by atoms with Crippen LogP contribution < -0.4 is 0 Å². The van der Waals surface area contributed by atoms with Gasteiger partial charge >= 0.3 is 5.97 Å². The van der Waals surface area contributed by atoms with Gasteiger partial charge in [0.1, 0.15) is 6.61 Å². The standard InChI is InChI=1S/C6H9NO4/c1-10-4-6(9)11-7-3-2-5(7)8/h2-4H2,1H3. The Labute approximate surface area is 63.8 Å². The topological polar surface area (TPSA) is 55.8 Å². The van der Waals surface area contributed by atoms with Crippen LogP contribution in [0.15, 0.2) is 0 Å². The highest BCUT2D eigenvalue weighted by molar-refractivity contribution is 5.82. The number of hydroxylamine groups is 2. The van der Waals surface area contributed by atoms with E-state index in [0.29, 0.717) is 13.0 Å². The highest BCUT2D eigenvalue weighted by atomic mass is 16.7. The second kappa shape index (κ2) is 3.34. The molecule has 1 saturated heterocycles. The molecule has 1 rings (SSSR count). The van der Waals surface area contributed by atoms with Crippen molar-refractivity contribution in [2.24, 2.45) is 0 Å². The summed E-state index contributed by atoms with van der Waals surface area (Å²) in [5.41, 5.74) is 0. The molecule has 0 aliphatic carbocycles.